The van der Waals surface area contributed by atoms with Crippen LogP contribution in [0.25, 0.3) is 0 Å². The van der Waals surface area contributed by atoms with Crippen LogP contribution in [0, 0.1) is 17.0 Å². The summed E-state index contributed by atoms with van der Waals surface area (Å²) in [4.78, 5) is 42.8. The number of nitrogens with zero attached hydrogens (tertiary/aromatic N) is 3. The predicted octanol–water partition coefficient (Wildman–Crippen LogP) is 3.80. The molecule has 0 amide bonds. The molecule has 32 heavy (non-hydrogen) atoms. The van der Waals surface area contributed by atoms with Crippen molar-refractivity contribution in [1.82, 2.24) is 9.97 Å². The maximum Gasteiger partial charge on any atom is 0.373 e. The van der Waals surface area contributed by atoms with E-state index < -0.39 is 22.5 Å². The van der Waals surface area contributed by atoms with Gasteiger partial charge in [0.1, 0.15) is 12.1 Å². The molecular formula is C21H18N4O7. The molecule has 0 bridgehead atoms. The molecule has 0 radical (unpaired) electrons. The van der Waals surface area contributed by atoms with Crippen LogP contribution in [-0.2, 0) is 9.47 Å². The largest absolute Gasteiger partial charge is 0.465 e. The topological polar surface area (TPSA) is 143 Å². The Bertz CT molecular complexity index is 1150. The highest BCUT2D eigenvalue weighted by Crippen LogP contribution is 2.35. The third-order valence-corrected chi connectivity index (χ3v) is 4.24. The van der Waals surface area contributed by atoms with E-state index in [0.717, 1.165) is 11.9 Å². The fraction of sp³-hybridized carbons (Fsp3) is 0.143. The lowest BCUT2D eigenvalue weighted by Crippen LogP contribution is -2.09. The Morgan fingerprint density at radius 2 is 1.56 bits per heavy atom. The number of esters is 2. The van der Waals surface area contributed by atoms with E-state index in [4.69, 9.17) is 14.2 Å². The van der Waals surface area contributed by atoms with E-state index in [0.29, 0.717) is 5.75 Å². The van der Waals surface area contributed by atoms with Gasteiger partial charge in [-0.15, -0.1) is 0 Å². The normalized spacial score (nSPS) is 10.2. The molecule has 11 nitrogen and oxygen atoms in total. The molecule has 3 rings (SSSR count). The quantitative estimate of drug-likeness (QED) is 0.328. The molecule has 0 aliphatic rings. The Labute approximate surface area is 182 Å². The Balaban J connectivity index is 2.03. The maximum absolute atomic E-state index is 12.0. The molecule has 3 aromatic rings. The zero-order valence-corrected chi connectivity index (χ0v) is 17.3. The zero-order valence-electron chi connectivity index (χ0n) is 17.3. The number of aryl methyl sites for hydroxylation is 1. The minimum absolute atomic E-state index is 0.0331. The van der Waals surface area contributed by atoms with E-state index in [1.165, 1.54) is 32.4 Å². The van der Waals surface area contributed by atoms with Crippen LogP contribution in [-0.4, -0.2) is 41.0 Å². The molecule has 11 heteroatoms. The van der Waals surface area contributed by atoms with Gasteiger partial charge in [-0.2, -0.15) is 4.98 Å². The lowest BCUT2D eigenvalue weighted by Gasteiger charge is -2.11. The number of hydrogen-bond donors (Lipinski definition) is 1. The molecule has 2 aromatic carbocycles. The Kier molecular flexibility index (Phi) is 6.59. The fourth-order valence-corrected chi connectivity index (χ4v) is 2.72. The van der Waals surface area contributed by atoms with Gasteiger partial charge in [0, 0.05) is 5.69 Å². The molecule has 1 aromatic heterocycles. The third-order valence-electron chi connectivity index (χ3n) is 4.24. The minimum atomic E-state index is -0.709. The van der Waals surface area contributed by atoms with Gasteiger partial charge in [-0.3, -0.25) is 10.1 Å². The second-order valence-corrected chi connectivity index (χ2v) is 6.46. The Hall–Kier alpha value is -4.54. The fourth-order valence-electron chi connectivity index (χ4n) is 2.72. The summed E-state index contributed by atoms with van der Waals surface area (Å²) in [6.45, 7) is 1.89. The first-order chi connectivity index (χ1) is 15.3. The van der Waals surface area contributed by atoms with E-state index in [1.54, 1.807) is 24.3 Å². The summed E-state index contributed by atoms with van der Waals surface area (Å²) in [6, 6.07) is 10.9. The smallest absolute Gasteiger partial charge is 0.373 e. The number of nitrogens with one attached hydrogen (secondary N) is 1. The van der Waals surface area contributed by atoms with Crippen LogP contribution in [0.2, 0.25) is 0 Å². The van der Waals surface area contributed by atoms with Crippen molar-refractivity contribution in [1.29, 1.82) is 0 Å². The minimum Gasteiger partial charge on any atom is -0.465 e. The number of ether oxygens (including phenoxy) is 3. The van der Waals surface area contributed by atoms with Gasteiger partial charge >= 0.3 is 23.5 Å². The molecule has 1 heterocycles. The van der Waals surface area contributed by atoms with Crippen LogP contribution in [0.3, 0.4) is 0 Å². The second kappa shape index (κ2) is 9.51. The third kappa shape index (κ3) is 4.95. The van der Waals surface area contributed by atoms with Gasteiger partial charge in [-0.1, -0.05) is 17.7 Å². The van der Waals surface area contributed by atoms with Gasteiger partial charge < -0.3 is 19.5 Å². The Morgan fingerprint density at radius 1 is 0.969 bits per heavy atom. The van der Waals surface area contributed by atoms with Crippen LogP contribution in [0.15, 0.2) is 48.8 Å². The molecule has 0 unspecified atom stereocenters. The number of nitro groups is 1. The van der Waals surface area contributed by atoms with E-state index >= 15 is 0 Å². The first-order valence-electron chi connectivity index (χ1n) is 9.15. The number of carbonyl (C=O) groups is 2. The molecule has 0 aliphatic carbocycles. The van der Waals surface area contributed by atoms with Gasteiger partial charge in [-0.05, 0) is 37.3 Å². The highest BCUT2D eigenvalue weighted by atomic mass is 16.6. The summed E-state index contributed by atoms with van der Waals surface area (Å²) in [5, 5.41) is 14.5. The summed E-state index contributed by atoms with van der Waals surface area (Å²) < 4.78 is 15.0. The summed E-state index contributed by atoms with van der Waals surface area (Å²) >= 11 is 0. The number of hydrogen-bond acceptors (Lipinski definition) is 10. The number of carbonyl (C=O) groups excluding carboxylic acids is 2. The predicted molar refractivity (Wildman–Crippen MR) is 112 cm³/mol. The Morgan fingerprint density at radius 3 is 2.09 bits per heavy atom. The highest BCUT2D eigenvalue weighted by molar-refractivity contribution is 5.97. The van der Waals surface area contributed by atoms with E-state index in [9.17, 15) is 19.7 Å². The van der Waals surface area contributed by atoms with Crippen molar-refractivity contribution in [2.24, 2.45) is 0 Å². The van der Waals surface area contributed by atoms with E-state index in [1.807, 2.05) is 6.92 Å². The number of aromatic nitrogens is 2. The van der Waals surface area contributed by atoms with Crippen molar-refractivity contribution in [2.45, 2.75) is 6.92 Å². The second-order valence-electron chi connectivity index (χ2n) is 6.46. The molecule has 1 N–H and O–H groups in total. The van der Waals surface area contributed by atoms with Crippen molar-refractivity contribution in [3.63, 3.8) is 0 Å². The van der Waals surface area contributed by atoms with Gasteiger partial charge in [0.25, 0.3) is 0 Å². The number of methoxy groups -OCH3 is 2. The van der Waals surface area contributed by atoms with E-state index in [-0.39, 0.29) is 28.5 Å². The zero-order chi connectivity index (χ0) is 23.3. The number of anilines is 2. The summed E-state index contributed by atoms with van der Waals surface area (Å²) in [5.74, 6) is -1.55. The monoisotopic (exact) mass is 438 g/mol. The maximum atomic E-state index is 12.0. The first-order valence-corrected chi connectivity index (χ1v) is 9.15. The van der Waals surface area contributed by atoms with Crippen LogP contribution >= 0.6 is 0 Å². The molecule has 0 aliphatic heterocycles. The summed E-state index contributed by atoms with van der Waals surface area (Å²) in [7, 11) is 2.37. The average Bonchev–Trinajstić information content (AvgIpc) is 2.79. The van der Waals surface area contributed by atoms with Crippen molar-refractivity contribution >= 4 is 29.1 Å². The van der Waals surface area contributed by atoms with Crippen molar-refractivity contribution in [2.75, 3.05) is 19.5 Å². The van der Waals surface area contributed by atoms with Crippen LogP contribution in [0.4, 0.5) is 17.2 Å². The molecule has 0 fully saturated rings. The van der Waals surface area contributed by atoms with E-state index in [2.05, 4.69) is 15.3 Å². The SMILES string of the molecule is COC(=O)c1cc(Nc2ncnc(Oc3ccc(C)cc3)c2[N+](=O)[O-])cc(C(=O)OC)c1. The summed E-state index contributed by atoms with van der Waals surface area (Å²) in [6.07, 6.45) is 1.09. The molecule has 164 valence electrons. The number of rotatable bonds is 7. The molecule has 0 saturated heterocycles. The molecule has 0 saturated carbocycles. The van der Waals surface area contributed by atoms with Crippen LogP contribution in [0.1, 0.15) is 26.3 Å². The standard InChI is InChI=1S/C21H18N4O7/c1-12-4-6-16(7-5-12)32-19-17(25(28)29)18(22-11-23-19)24-15-9-13(20(26)30-2)8-14(10-15)21(27)31-3/h4-11H,1-3H3,(H,22,23,24). The van der Waals surface area contributed by atoms with Crippen molar-refractivity contribution < 1.29 is 28.7 Å². The average molecular weight is 438 g/mol. The first kappa shape index (κ1) is 22.2. The van der Waals surface area contributed by atoms with Gasteiger partial charge in [-0.25, -0.2) is 14.6 Å². The van der Waals surface area contributed by atoms with Gasteiger partial charge in [0.2, 0.25) is 5.82 Å². The van der Waals surface area contributed by atoms with Crippen molar-refractivity contribution in [3.8, 4) is 11.6 Å². The highest BCUT2D eigenvalue weighted by Gasteiger charge is 2.26. The van der Waals surface area contributed by atoms with Gasteiger partial charge in [0.05, 0.1) is 30.3 Å². The van der Waals surface area contributed by atoms with Crippen LogP contribution < -0.4 is 10.1 Å². The lowest BCUT2D eigenvalue weighted by molar-refractivity contribution is -0.385. The van der Waals surface area contributed by atoms with Crippen LogP contribution in [0.5, 0.6) is 11.6 Å². The lowest BCUT2D eigenvalue weighted by atomic mass is 10.1. The summed E-state index contributed by atoms with van der Waals surface area (Å²) in [5.41, 5.74) is 0.688. The number of benzene rings is 2. The van der Waals surface area contributed by atoms with Crippen molar-refractivity contribution in [3.05, 3.63) is 75.6 Å². The molecule has 0 atom stereocenters. The van der Waals surface area contributed by atoms with Gasteiger partial charge in [0.15, 0.2) is 0 Å². The molecule has 0 spiro atoms. The molecular weight excluding hydrogens is 420 g/mol.